The van der Waals surface area contributed by atoms with Crippen molar-refractivity contribution in [1.29, 1.82) is 0 Å². The average Bonchev–Trinajstić information content (AvgIpc) is 3.07. The van der Waals surface area contributed by atoms with Gasteiger partial charge in [0.05, 0.1) is 24.9 Å². The van der Waals surface area contributed by atoms with Crippen molar-refractivity contribution in [1.82, 2.24) is 4.98 Å². The third kappa shape index (κ3) is 4.14. The summed E-state index contributed by atoms with van der Waals surface area (Å²) in [5.74, 6) is 1.40. The van der Waals surface area contributed by atoms with E-state index in [-0.39, 0.29) is 5.91 Å². The molecule has 130 valence electrons. The molecule has 0 saturated carbocycles. The Balaban J connectivity index is 2.32. The Bertz CT molecular complexity index is 681. The van der Waals surface area contributed by atoms with Crippen molar-refractivity contribution in [3.05, 3.63) is 30.3 Å². The van der Waals surface area contributed by atoms with Gasteiger partial charge in [-0.2, -0.15) is 0 Å². The molecule has 3 N–H and O–H groups in total. The number of aromatic nitrogens is 1. The first kappa shape index (κ1) is 18.0. The highest BCUT2D eigenvalue weighted by Gasteiger charge is 2.19. The fourth-order valence-corrected chi connectivity index (χ4v) is 2.58. The Kier molecular flexibility index (Phi) is 5.98. The lowest BCUT2D eigenvalue weighted by Gasteiger charge is -2.18. The van der Waals surface area contributed by atoms with E-state index in [2.05, 4.69) is 10.3 Å². The standard InChI is InChI=1S/C18H25N3O3/c1-5-12-7-13(17-9-20-10-24-17)16(23-4)8-15(12)21-18(22)14(19)6-11(2)3/h7-11,14H,5-6,19H2,1-4H3,(H,21,22)/t14-/m1/s1. The molecule has 1 aromatic carbocycles. The maximum absolute atomic E-state index is 12.3. The van der Waals surface area contributed by atoms with E-state index in [0.717, 1.165) is 17.5 Å². The number of nitrogens with zero attached hydrogens (tertiary/aromatic N) is 1. The van der Waals surface area contributed by atoms with Crippen molar-refractivity contribution in [3.63, 3.8) is 0 Å². The lowest BCUT2D eigenvalue weighted by molar-refractivity contribution is -0.117. The third-order valence-corrected chi connectivity index (χ3v) is 3.82. The average molecular weight is 331 g/mol. The van der Waals surface area contributed by atoms with Crippen molar-refractivity contribution >= 4 is 11.6 Å². The first-order valence-electron chi connectivity index (χ1n) is 8.12. The highest BCUT2D eigenvalue weighted by atomic mass is 16.5. The predicted octanol–water partition coefficient (Wildman–Crippen LogP) is 3.22. The molecule has 6 heteroatoms. The molecule has 6 nitrogen and oxygen atoms in total. The minimum Gasteiger partial charge on any atom is -0.496 e. The van der Waals surface area contributed by atoms with Crippen LogP contribution in [0.3, 0.4) is 0 Å². The van der Waals surface area contributed by atoms with Crippen LogP contribution in [0.1, 0.15) is 32.8 Å². The molecule has 1 amide bonds. The third-order valence-electron chi connectivity index (χ3n) is 3.82. The summed E-state index contributed by atoms with van der Waals surface area (Å²) in [7, 11) is 1.58. The van der Waals surface area contributed by atoms with Gasteiger partial charge in [-0.25, -0.2) is 4.98 Å². The molecule has 0 spiro atoms. The number of hydrogen-bond donors (Lipinski definition) is 2. The van der Waals surface area contributed by atoms with Crippen molar-refractivity contribution in [2.24, 2.45) is 11.7 Å². The SMILES string of the molecule is CCc1cc(-c2cnco2)c(OC)cc1NC(=O)[C@H](N)CC(C)C. The number of rotatable bonds is 7. The molecule has 0 aliphatic rings. The quantitative estimate of drug-likeness (QED) is 0.813. The highest BCUT2D eigenvalue weighted by Crippen LogP contribution is 2.35. The van der Waals surface area contributed by atoms with Crippen LogP contribution in [0, 0.1) is 5.92 Å². The minimum atomic E-state index is -0.533. The number of oxazole rings is 1. The van der Waals surface area contributed by atoms with E-state index in [9.17, 15) is 4.79 Å². The van der Waals surface area contributed by atoms with E-state index >= 15 is 0 Å². The van der Waals surface area contributed by atoms with Crippen LogP contribution in [0.5, 0.6) is 5.75 Å². The van der Waals surface area contributed by atoms with E-state index in [4.69, 9.17) is 14.9 Å². The molecule has 1 aromatic heterocycles. The van der Waals surface area contributed by atoms with Crippen LogP contribution in [0.2, 0.25) is 0 Å². The van der Waals surface area contributed by atoms with Crippen LogP contribution in [0.15, 0.2) is 29.1 Å². The van der Waals surface area contributed by atoms with E-state index in [0.29, 0.717) is 29.5 Å². The van der Waals surface area contributed by atoms with Crippen LogP contribution in [0.25, 0.3) is 11.3 Å². The minimum absolute atomic E-state index is 0.187. The van der Waals surface area contributed by atoms with E-state index < -0.39 is 6.04 Å². The summed E-state index contributed by atoms with van der Waals surface area (Å²) in [6.45, 7) is 6.11. The molecular weight excluding hydrogens is 306 g/mol. The summed E-state index contributed by atoms with van der Waals surface area (Å²) >= 11 is 0. The summed E-state index contributed by atoms with van der Waals surface area (Å²) in [4.78, 5) is 16.3. The number of benzene rings is 1. The highest BCUT2D eigenvalue weighted by molar-refractivity contribution is 5.96. The van der Waals surface area contributed by atoms with Crippen molar-refractivity contribution in [2.75, 3.05) is 12.4 Å². The smallest absolute Gasteiger partial charge is 0.241 e. The number of nitrogens with one attached hydrogen (secondary N) is 1. The van der Waals surface area contributed by atoms with Crippen LogP contribution >= 0.6 is 0 Å². The zero-order chi connectivity index (χ0) is 17.7. The second-order valence-corrected chi connectivity index (χ2v) is 6.15. The first-order chi connectivity index (χ1) is 11.5. The Morgan fingerprint density at radius 1 is 1.42 bits per heavy atom. The Morgan fingerprint density at radius 3 is 2.71 bits per heavy atom. The summed E-state index contributed by atoms with van der Waals surface area (Å²) in [6, 6.07) is 3.22. The molecule has 1 atom stereocenters. The molecule has 0 fully saturated rings. The molecular formula is C18H25N3O3. The molecule has 0 unspecified atom stereocenters. The maximum atomic E-state index is 12.3. The van der Waals surface area contributed by atoms with Gasteiger partial charge in [0.15, 0.2) is 12.2 Å². The number of carbonyl (C=O) groups excluding carboxylic acids is 1. The van der Waals surface area contributed by atoms with Gasteiger partial charge in [0.25, 0.3) is 0 Å². The number of ether oxygens (including phenoxy) is 1. The lowest BCUT2D eigenvalue weighted by Crippen LogP contribution is -2.36. The normalized spacial score (nSPS) is 12.2. The largest absolute Gasteiger partial charge is 0.496 e. The van der Waals surface area contributed by atoms with Crippen molar-refractivity contribution in [3.8, 4) is 17.1 Å². The zero-order valence-electron chi connectivity index (χ0n) is 14.6. The van der Waals surface area contributed by atoms with Crippen LogP contribution in [0.4, 0.5) is 5.69 Å². The van der Waals surface area contributed by atoms with Gasteiger partial charge in [-0.15, -0.1) is 0 Å². The number of nitrogens with two attached hydrogens (primary N) is 1. The van der Waals surface area contributed by atoms with Crippen LogP contribution in [-0.4, -0.2) is 24.0 Å². The molecule has 1 heterocycles. The summed E-state index contributed by atoms with van der Waals surface area (Å²) in [6.07, 6.45) is 4.40. The van der Waals surface area contributed by atoms with Gasteiger partial charge in [0, 0.05) is 11.8 Å². The zero-order valence-corrected chi connectivity index (χ0v) is 14.6. The Morgan fingerprint density at radius 2 is 2.17 bits per heavy atom. The van der Waals surface area contributed by atoms with Crippen molar-refractivity contribution in [2.45, 2.75) is 39.7 Å². The van der Waals surface area contributed by atoms with Gasteiger partial charge >= 0.3 is 0 Å². The predicted molar refractivity (Wildman–Crippen MR) is 93.9 cm³/mol. The molecule has 0 aliphatic heterocycles. The van der Waals surface area contributed by atoms with Crippen LogP contribution in [-0.2, 0) is 11.2 Å². The number of carbonyl (C=O) groups is 1. The lowest BCUT2D eigenvalue weighted by atomic mass is 10.0. The van der Waals surface area contributed by atoms with E-state index in [1.165, 1.54) is 6.39 Å². The van der Waals surface area contributed by atoms with E-state index in [1.54, 1.807) is 19.4 Å². The molecule has 2 aromatic rings. The van der Waals surface area contributed by atoms with Crippen molar-refractivity contribution < 1.29 is 13.9 Å². The second kappa shape index (κ2) is 7.97. The number of hydrogen-bond acceptors (Lipinski definition) is 5. The van der Waals surface area contributed by atoms with Gasteiger partial charge in [0.1, 0.15) is 5.75 Å². The van der Waals surface area contributed by atoms with Gasteiger partial charge in [0.2, 0.25) is 5.91 Å². The molecule has 0 saturated heterocycles. The fourth-order valence-electron chi connectivity index (χ4n) is 2.58. The molecule has 2 rings (SSSR count). The number of anilines is 1. The number of aryl methyl sites for hydroxylation is 1. The molecule has 24 heavy (non-hydrogen) atoms. The summed E-state index contributed by atoms with van der Waals surface area (Å²) in [5, 5.41) is 2.92. The Hall–Kier alpha value is -2.34. The summed E-state index contributed by atoms with van der Waals surface area (Å²) < 4.78 is 10.8. The van der Waals surface area contributed by atoms with Gasteiger partial charge in [-0.05, 0) is 30.4 Å². The maximum Gasteiger partial charge on any atom is 0.241 e. The topological polar surface area (TPSA) is 90.4 Å². The van der Waals surface area contributed by atoms with Gasteiger partial charge in [-0.3, -0.25) is 4.79 Å². The number of amides is 1. The molecule has 0 radical (unpaired) electrons. The fraction of sp³-hybridized carbons (Fsp3) is 0.444. The van der Waals surface area contributed by atoms with Crippen LogP contribution < -0.4 is 15.8 Å². The first-order valence-corrected chi connectivity index (χ1v) is 8.12. The van der Waals surface area contributed by atoms with Gasteiger partial charge in [-0.1, -0.05) is 20.8 Å². The molecule has 0 bridgehead atoms. The second-order valence-electron chi connectivity index (χ2n) is 6.15. The Labute approximate surface area is 142 Å². The number of methoxy groups -OCH3 is 1. The molecule has 0 aliphatic carbocycles. The summed E-state index contributed by atoms with van der Waals surface area (Å²) in [5.41, 5.74) is 8.46. The van der Waals surface area contributed by atoms with Gasteiger partial charge < -0.3 is 20.2 Å². The van der Waals surface area contributed by atoms with E-state index in [1.807, 2.05) is 26.8 Å². The monoisotopic (exact) mass is 331 g/mol.